The van der Waals surface area contributed by atoms with E-state index in [-0.39, 0.29) is 18.9 Å². The second-order valence-corrected chi connectivity index (χ2v) is 5.27. The fourth-order valence-electron chi connectivity index (χ4n) is 1.01. The summed E-state index contributed by atoms with van der Waals surface area (Å²) in [4.78, 5) is 70.6. The largest absolute Gasteiger partial charge is 0.465 e. The lowest BCUT2D eigenvalue weighted by atomic mass is 10.4. The molecule has 0 saturated carbocycles. The molecule has 0 spiro atoms. The number of hydrogen-bond donors (Lipinski definition) is 4. The van der Waals surface area contributed by atoms with Crippen molar-refractivity contribution in [3.63, 3.8) is 0 Å². The van der Waals surface area contributed by atoms with Gasteiger partial charge in [0, 0.05) is 27.7 Å². The van der Waals surface area contributed by atoms with Crippen LogP contribution in [0.2, 0.25) is 0 Å². The molecule has 5 N–H and O–H groups in total. The van der Waals surface area contributed by atoms with Crippen LogP contribution in [0, 0.1) is 0 Å². The molecular formula is C19H31N3O10. The van der Waals surface area contributed by atoms with E-state index in [1.165, 1.54) is 34.6 Å². The minimum absolute atomic E-state index is 0.00838. The van der Waals surface area contributed by atoms with Crippen LogP contribution >= 0.6 is 0 Å². The number of esters is 3. The third kappa shape index (κ3) is 50.2. The number of ether oxygens (including phenoxy) is 2. The standard InChI is InChI=1S/C7H11NO4.C5H9NO2.C4H6O3.C3H5NO/c1-5(9)8-7(11)3-4-12-6(2)10;1-3-5(8)6-4(2)7;1-3(5)7-4(2)6;1-2-3(4)5/h3-4H2,1-2H3,(H,8,9,11);3-4,7H,1H2,2H3,(H,6,8);1-2H3;2H,1H2,(H2,4,5)/t;4-;;/m.0../s1. The number of nitrogens with two attached hydrogens (primary N) is 1. The van der Waals surface area contributed by atoms with Crippen molar-refractivity contribution in [1.82, 2.24) is 10.6 Å². The van der Waals surface area contributed by atoms with Gasteiger partial charge in [0.05, 0.1) is 6.42 Å². The molecule has 0 aromatic carbocycles. The van der Waals surface area contributed by atoms with Crippen molar-refractivity contribution in [2.24, 2.45) is 5.73 Å². The van der Waals surface area contributed by atoms with E-state index in [2.05, 4.69) is 33.7 Å². The van der Waals surface area contributed by atoms with E-state index in [4.69, 9.17) is 5.11 Å². The van der Waals surface area contributed by atoms with Gasteiger partial charge in [-0.1, -0.05) is 13.2 Å². The maximum Gasteiger partial charge on any atom is 0.310 e. The summed E-state index contributed by atoms with van der Waals surface area (Å²) in [6.45, 7) is 12.6. The van der Waals surface area contributed by atoms with Gasteiger partial charge in [-0.05, 0) is 19.1 Å². The highest BCUT2D eigenvalue weighted by Crippen LogP contribution is 1.83. The highest BCUT2D eigenvalue weighted by atomic mass is 16.6. The van der Waals surface area contributed by atoms with Crippen LogP contribution in [0.15, 0.2) is 25.3 Å². The van der Waals surface area contributed by atoms with Gasteiger partial charge in [-0.25, -0.2) is 0 Å². The van der Waals surface area contributed by atoms with Gasteiger partial charge in [-0.3, -0.25) is 38.9 Å². The Morgan fingerprint density at radius 1 is 0.938 bits per heavy atom. The number of primary amides is 1. The molecule has 32 heavy (non-hydrogen) atoms. The molecule has 182 valence electrons. The van der Waals surface area contributed by atoms with Gasteiger partial charge >= 0.3 is 17.9 Å². The van der Waals surface area contributed by atoms with Crippen LogP contribution in [-0.2, 0) is 43.0 Å². The van der Waals surface area contributed by atoms with E-state index in [1.54, 1.807) is 0 Å². The van der Waals surface area contributed by atoms with Crippen LogP contribution in [0.1, 0.15) is 41.0 Å². The van der Waals surface area contributed by atoms with Gasteiger partial charge in [0.25, 0.3) is 0 Å². The first-order valence-electron chi connectivity index (χ1n) is 8.74. The first kappa shape index (κ1) is 35.6. The molecule has 0 aromatic heterocycles. The number of hydrogen-bond acceptors (Lipinski definition) is 10. The van der Waals surface area contributed by atoms with Crippen molar-refractivity contribution in [3.8, 4) is 0 Å². The second kappa shape index (κ2) is 23.4. The third-order valence-corrected chi connectivity index (χ3v) is 1.98. The Balaban J connectivity index is -0.000000172. The Morgan fingerprint density at radius 3 is 1.56 bits per heavy atom. The number of rotatable bonds is 6. The highest BCUT2D eigenvalue weighted by molar-refractivity contribution is 5.94. The smallest absolute Gasteiger partial charge is 0.310 e. The first-order chi connectivity index (χ1) is 14.6. The van der Waals surface area contributed by atoms with Gasteiger partial charge in [-0.2, -0.15) is 0 Å². The molecule has 0 radical (unpaired) electrons. The molecule has 0 bridgehead atoms. The van der Waals surface area contributed by atoms with Crippen LogP contribution in [0.25, 0.3) is 0 Å². The van der Waals surface area contributed by atoms with Crippen molar-refractivity contribution >= 4 is 41.5 Å². The van der Waals surface area contributed by atoms with E-state index >= 15 is 0 Å². The quantitative estimate of drug-likeness (QED) is 0.164. The van der Waals surface area contributed by atoms with E-state index in [9.17, 15) is 33.6 Å². The number of nitrogens with one attached hydrogen (secondary N) is 2. The van der Waals surface area contributed by atoms with E-state index < -0.39 is 41.9 Å². The molecular weight excluding hydrogens is 430 g/mol. The summed E-state index contributed by atoms with van der Waals surface area (Å²) >= 11 is 0. The molecule has 0 saturated heterocycles. The van der Waals surface area contributed by atoms with E-state index in [0.29, 0.717) is 0 Å². The first-order valence-corrected chi connectivity index (χ1v) is 8.74. The number of imide groups is 1. The van der Waals surface area contributed by atoms with Crippen molar-refractivity contribution in [2.45, 2.75) is 47.3 Å². The SMILES string of the molecule is C=CC(=O)N[C@H](C)O.C=CC(N)=O.CC(=O)NC(=O)CCOC(C)=O.CC(=O)OC(C)=O. The summed E-state index contributed by atoms with van der Waals surface area (Å²) in [5.41, 5.74) is 4.53. The summed E-state index contributed by atoms with van der Waals surface area (Å²) in [6.07, 6.45) is 1.38. The predicted molar refractivity (Wildman–Crippen MR) is 112 cm³/mol. The Hall–Kier alpha value is -3.87. The molecule has 0 aliphatic carbocycles. The zero-order chi connectivity index (χ0) is 26.3. The normalized spacial score (nSPS) is 9.06. The minimum atomic E-state index is -0.791. The summed E-state index contributed by atoms with van der Waals surface area (Å²) in [6, 6.07) is 0. The third-order valence-electron chi connectivity index (χ3n) is 1.98. The number of carbonyl (C=O) groups is 7. The van der Waals surface area contributed by atoms with Gasteiger partial charge in [0.1, 0.15) is 12.8 Å². The lowest BCUT2D eigenvalue weighted by molar-refractivity contribution is -0.156. The summed E-state index contributed by atoms with van der Waals surface area (Å²) in [7, 11) is 0. The molecule has 0 rings (SSSR count). The number of carbonyl (C=O) groups excluding carboxylic acids is 7. The Kier molecular flexibility index (Phi) is 26.0. The molecule has 0 aromatic rings. The average molecular weight is 461 g/mol. The van der Waals surface area contributed by atoms with Crippen molar-refractivity contribution < 1.29 is 48.1 Å². The Labute approximate surface area is 186 Å². The Morgan fingerprint density at radius 2 is 1.38 bits per heavy atom. The van der Waals surface area contributed by atoms with E-state index in [1.807, 2.05) is 5.32 Å². The number of amides is 4. The fraction of sp³-hybridized carbons (Fsp3) is 0.421. The summed E-state index contributed by atoms with van der Waals surface area (Å²) in [5, 5.41) is 12.7. The predicted octanol–water partition coefficient (Wildman–Crippen LogP) is -1.02. The maximum absolute atomic E-state index is 10.7. The van der Waals surface area contributed by atoms with Gasteiger partial charge in [0.15, 0.2) is 0 Å². The molecule has 0 aliphatic rings. The van der Waals surface area contributed by atoms with Crippen LogP contribution < -0.4 is 16.4 Å². The zero-order valence-corrected chi connectivity index (χ0v) is 18.8. The molecule has 0 heterocycles. The van der Waals surface area contributed by atoms with Crippen LogP contribution in [0.3, 0.4) is 0 Å². The molecule has 13 heteroatoms. The van der Waals surface area contributed by atoms with E-state index in [0.717, 1.165) is 12.2 Å². The van der Waals surface area contributed by atoms with Gasteiger partial charge in [-0.15, -0.1) is 0 Å². The average Bonchev–Trinajstić information content (AvgIpc) is 2.60. The molecule has 0 aliphatic heterocycles. The van der Waals surface area contributed by atoms with Gasteiger partial charge < -0.3 is 25.6 Å². The van der Waals surface area contributed by atoms with Crippen LogP contribution in [0.4, 0.5) is 0 Å². The minimum Gasteiger partial charge on any atom is -0.465 e. The second-order valence-electron chi connectivity index (χ2n) is 5.27. The lowest BCUT2D eigenvalue weighted by Crippen LogP contribution is -2.30. The molecule has 13 nitrogen and oxygen atoms in total. The number of aliphatic hydroxyl groups excluding tert-OH is 1. The highest BCUT2D eigenvalue weighted by Gasteiger charge is 2.03. The zero-order valence-electron chi connectivity index (χ0n) is 18.8. The monoisotopic (exact) mass is 461 g/mol. The summed E-state index contributed by atoms with van der Waals surface area (Å²) < 4.78 is 8.46. The summed E-state index contributed by atoms with van der Waals surface area (Å²) in [5.74, 6) is -3.26. The number of aliphatic hydroxyl groups is 1. The van der Waals surface area contributed by atoms with Crippen molar-refractivity contribution in [2.75, 3.05) is 6.61 Å². The topological polar surface area (TPSA) is 208 Å². The molecule has 0 fully saturated rings. The van der Waals surface area contributed by atoms with Crippen molar-refractivity contribution in [3.05, 3.63) is 25.3 Å². The van der Waals surface area contributed by atoms with Crippen molar-refractivity contribution in [1.29, 1.82) is 0 Å². The van der Waals surface area contributed by atoms with Crippen LogP contribution in [0.5, 0.6) is 0 Å². The molecule has 1 atom stereocenters. The molecule has 4 amide bonds. The lowest BCUT2D eigenvalue weighted by Gasteiger charge is -2.01. The van der Waals surface area contributed by atoms with Gasteiger partial charge in [0.2, 0.25) is 23.6 Å². The molecule has 0 unspecified atom stereocenters. The maximum atomic E-state index is 10.7. The Bertz CT molecular complexity index is 660. The van der Waals surface area contributed by atoms with Crippen LogP contribution in [-0.4, -0.2) is 59.5 Å². The fourth-order valence-corrected chi connectivity index (χ4v) is 1.01.